The van der Waals surface area contributed by atoms with E-state index in [4.69, 9.17) is 5.11 Å². The van der Waals surface area contributed by atoms with Crippen LogP contribution in [0.1, 0.15) is 12.1 Å². The highest BCUT2D eigenvalue weighted by molar-refractivity contribution is 6.07. The molecule has 4 heterocycles. The number of nitrogens with one attached hydrogen (secondary N) is 2. The fraction of sp³-hybridized carbons (Fsp3) is 0.211. The molecule has 5 rings (SSSR count). The lowest BCUT2D eigenvalue weighted by Crippen LogP contribution is -2.17. The van der Waals surface area contributed by atoms with Gasteiger partial charge in [0.2, 0.25) is 0 Å². The summed E-state index contributed by atoms with van der Waals surface area (Å²) in [6, 6.07) is 6.47. The number of benzene rings is 1. The number of hydrogen-bond donors (Lipinski definition) is 3. The number of hydrogen-bond acceptors (Lipinski definition) is 4. The zero-order valence-electron chi connectivity index (χ0n) is 15.0. The Morgan fingerprint density at radius 1 is 1.25 bits per heavy atom. The van der Waals surface area contributed by atoms with Crippen molar-refractivity contribution in [2.24, 2.45) is 0 Å². The Morgan fingerprint density at radius 2 is 2.11 bits per heavy atom. The number of imidazole rings is 1. The summed E-state index contributed by atoms with van der Waals surface area (Å²) in [6.07, 6.45) is 2.16. The van der Waals surface area contributed by atoms with Crippen molar-refractivity contribution in [3.8, 4) is 5.69 Å². The molecule has 28 heavy (non-hydrogen) atoms. The maximum absolute atomic E-state index is 13.8. The third-order valence-electron chi connectivity index (χ3n) is 5.02. The number of halogens is 1. The van der Waals surface area contributed by atoms with E-state index in [9.17, 15) is 9.18 Å². The molecule has 0 radical (unpaired) electrons. The summed E-state index contributed by atoms with van der Waals surface area (Å²) in [4.78, 5) is 19.8. The summed E-state index contributed by atoms with van der Waals surface area (Å²) < 4.78 is 17.3. The van der Waals surface area contributed by atoms with Crippen LogP contribution in [0, 0.1) is 12.7 Å². The van der Waals surface area contributed by atoms with Gasteiger partial charge in [0.15, 0.2) is 5.65 Å². The van der Waals surface area contributed by atoms with Gasteiger partial charge in [0.1, 0.15) is 5.82 Å². The van der Waals surface area contributed by atoms with Gasteiger partial charge >= 0.3 is 5.69 Å². The molecule has 0 saturated carbocycles. The Balaban J connectivity index is 1.81. The monoisotopic (exact) mass is 380 g/mol. The van der Waals surface area contributed by atoms with Gasteiger partial charge in [-0.2, -0.15) is 5.10 Å². The molecule has 9 heteroatoms. The normalized spacial score (nSPS) is 12.0. The molecule has 0 unspecified atom stereocenters. The highest BCUT2D eigenvalue weighted by Crippen LogP contribution is 2.32. The van der Waals surface area contributed by atoms with Crippen LogP contribution < -0.4 is 5.69 Å². The minimum absolute atomic E-state index is 0.000562. The predicted octanol–water partition coefficient (Wildman–Crippen LogP) is 2.37. The molecule has 0 amide bonds. The summed E-state index contributed by atoms with van der Waals surface area (Å²) in [6.45, 7) is 2.25. The maximum Gasteiger partial charge on any atom is 0.327 e. The van der Waals surface area contributed by atoms with E-state index in [0.717, 1.165) is 27.6 Å². The zero-order valence-corrected chi connectivity index (χ0v) is 15.0. The number of aromatic amines is 2. The fourth-order valence-electron chi connectivity index (χ4n) is 3.76. The zero-order chi connectivity index (χ0) is 19.4. The average molecular weight is 380 g/mol. The third-order valence-corrected chi connectivity index (χ3v) is 5.02. The highest BCUT2D eigenvalue weighted by Gasteiger charge is 2.18. The first kappa shape index (κ1) is 16.7. The van der Waals surface area contributed by atoms with Gasteiger partial charge in [0.05, 0.1) is 39.6 Å². The van der Waals surface area contributed by atoms with Crippen LogP contribution in [0.4, 0.5) is 4.39 Å². The van der Waals surface area contributed by atoms with Crippen molar-refractivity contribution in [1.29, 1.82) is 0 Å². The molecule has 0 atom stereocenters. The number of aliphatic hydroxyl groups excluding tert-OH is 1. The van der Waals surface area contributed by atoms with E-state index in [-0.39, 0.29) is 18.1 Å². The van der Waals surface area contributed by atoms with Gasteiger partial charge in [-0.3, -0.25) is 9.67 Å². The number of fused-ring (bicyclic) bond motifs is 4. The Hall–Kier alpha value is -3.46. The number of aromatic nitrogens is 6. The van der Waals surface area contributed by atoms with Gasteiger partial charge in [-0.05, 0) is 37.6 Å². The van der Waals surface area contributed by atoms with Crippen LogP contribution in [0.2, 0.25) is 0 Å². The van der Waals surface area contributed by atoms with E-state index >= 15 is 0 Å². The SMILES string of the molecule is Cc1nc2c(cc1-n1c3ccc(F)cc3c3[nH]ncc31)[nH]c(=O)n2CCCO. The molecule has 0 saturated heterocycles. The van der Waals surface area contributed by atoms with Crippen molar-refractivity contribution in [1.82, 2.24) is 29.3 Å². The van der Waals surface area contributed by atoms with Crippen molar-refractivity contribution >= 4 is 33.1 Å². The van der Waals surface area contributed by atoms with Gasteiger partial charge in [-0.25, -0.2) is 14.2 Å². The number of nitrogens with zero attached hydrogens (tertiary/aromatic N) is 4. The summed E-state index contributed by atoms with van der Waals surface area (Å²) >= 11 is 0. The van der Waals surface area contributed by atoms with Crippen LogP contribution in [0.15, 0.2) is 35.3 Å². The number of aliphatic hydroxyl groups is 1. The number of H-pyrrole nitrogens is 2. The minimum Gasteiger partial charge on any atom is -0.396 e. The molecule has 3 N–H and O–H groups in total. The first-order valence-electron chi connectivity index (χ1n) is 8.93. The summed E-state index contributed by atoms with van der Waals surface area (Å²) in [5.41, 5.74) is 4.73. The Bertz CT molecular complexity index is 1410. The summed E-state index contributed by atoms with van der Waals surface area (Å²) in [5.74, 6) is -0.322. The Kier molecular flexibility index (Phi) is 3.59. The second-order valence-electron chi connectivity index (χ2n) is 6.75. The molecule has 4 aromatic heterocycles. The largest absolute Gasteiger partial charge is 0.396 e. The number of pyridine rings is 1. The fourth-order valence-corrected chi connectivity index (χ4v) is 3.76. The van der Waals surface area contributed by atoms with Crippen LogP contribution in [0.5, 0.6) is 0 Å². The van der Waals surface area contributed by atoms with E-state index in [2.05, 4.69) is 20.2 Å². The lowest BCUT2D eigenvalue weighted by Gasteiger charge is -2.10. The Morgan fingerprint density at radius 3 is 2.93 bits per heavy atom. The van der Waals surface area contributed by atoms with Gasteiger partial charge in [0, 0.05) is 18.5 Å². The number of aryl methyl sites for hydroxylation is 2. The van der Waals surface area contributed by atoms with Crippen molar-refractivity contribution < 1.29 is 9.50 Å². The molecule has 142 valence electrons. The molecule has 1 aromatic carbocycles. The first-order chi connectivity index (χ1) is 13.6. The standard InChI is InChI=1S/C19H17FN6O2/c1-10-15(8-13-18(22-10)25(5-2-6-27)19(28)23-13)26-14-4-3-11(20)7-12(14)17-16(26)9-21-24-17/h3-4,7-9,27H,2,5-6H2,1H3,(H,21,24)(H,23,28). The Labute approximate surface area is 157 Å². The minimum atomic E-state index is -0.322. The second kappa shape index (κ2) is 6.03. The highest BCUT2D eigenvalue weighted by atomic mass is 19.1. The van der Waals surface area contributed by atoms with Gasteiger partial charge < -0.3 is 14.7 Å². The lowest BCUT2D eigenvalue weighted by molar-refractivity contribution is 0.280. The molecular formula is C19H17FN6O2. The van der Waals surface area contributed by atoms with Gasteiger partial charge in [0.25, 0.3) is 0 Å². The van der Waals surface area contributed by atoms with Gasteiger partial charge in [-0.15, -0.1) is 0 Å². The molecule has 8 nitrogen and oxygen atoms in total. The van der Waals surface area contributed by atoms with Crippen molar-refractivity contribution in [2.75, 3.05) is 6.61 Å². The summed E-state index contributed by atoms with van der Waals surface area (Å²) in [5, 5.41) is 16.8. The first-order valence-corrected chi connectivity index (χ1v) is 8.93. The predicted molar refractivity (Wildman–Crippen MR) is 103 cm³/mol. The van der Waals surface area contributed by atoms with E-state index in [0.29, 0.717) is 29.8 Å². The third kappa shape index (κ3) is 2.29. The second-order valence-corrected chi connectivity index (χ2v) is 6.75. The average Bonchev–Trinajstić information content (AvgIpc) is 3.33. The molecule has 0 aliphatic heterocycles. The van der Waals surface area contributed by atoms with E-state index in [1.54, 1.807) is 12.3 Å². The lowest BCUT2D eigenvalue weighted by atomic mass is 10.2. The molecule has 0 aliphatic carbocycles. The van der Waals surface area contributed by atoms with Crippen LogP contribution >= 0.6 is 0 Å². The molecule has 0 aliphatic rings. The molecule has 0 spiro atoms. The van der Waals surface area contributed by atoms with E-state index in [1.165, 1.54) is 16.7 Å². The van der Waals surface area contributed by atoms with Crippen LogP contribution in [-0.2, 0) is 6.54 Å². The molecule has 5 aromatic rings. The van der Waals surface area contributed by atoms with Gasteiger partial charge in [-0.1, -0.05) is 0 Å². The summed E-state index contributed by atoms with van der Waals surface area (Å²) in [7, 11) is 0. The van der Waals surface area contributed by atoms with Crippen molar-refractivity contribution in [2.45, 2.75) is 19.9 Å². The van der Waals surface area contributed by atoms with Crippen LogP contribution in [-0.4, -0.2) is 41.0 Å². The van der Waals surface area contributed by atoms with Crippen molar-refractivity contribution in [3.05, 3.63) is 52.5 Å². The van der Waals surface area contributed by atoms with Crippen LogP contribution in [0.25, 0.3) is 38.8 Å². The molecule has 0 bridgehead atoms. The maximum atomic E-state index is 13.8. The van der Waals surface area contributed by atoms with Crippen molar-refractivity contribution in [3.63, 3.8) is 0 Å². The number of rotatable bonds is 4. The molecular weight excluding hydrogens is 363 g/mol. The quantitative estimate of drug-likeness (QED) is 0.445. The topological polar surface area (TPSA) is 105 Å². The van der Waals surface area contributed by atoms with E-state index < -0.39 is 0 Å². The smallest absolute Gasteiger partial charge is 0.327 e. The van der Waals surface area contributed by atoms with Crippen LogP contribution in [0.3, 0.4) is 0 Å². The van der Waals surface area contributed by atoms with E-state index in [1.807, 2.05) is 17.6 Å². The molecule has 0 fully saturated rings.